The predicted molar refractivity (Wildman–Crippen MR) is 79.2 cm³/mol. The minimum absolute atomic E-state index is 0.286. The van der Waals surface area contributed by atoms with E-state index in [2.05, 4.69) is 17.4 Å². The molecule has 1 aliphatic rings. The number of anilines is 1. The fraction of sp³-hybridized carbons (Fsp3) is 0.250. The van der Waals surface area contributed by atoms with Gasteiger partial charge < -0.3 is 10.1 Å². The number of benzene rings is 2. The van der Waals surface area contributed by atoms with Crippen molar-refractivity contribution in [1.82, 2.24) is 0 Å². The van der Waals surface area contributed by atoms with Crippen molar-refractivity contribution in [2.45, 2.75) is 12.8 Å². The average molecular weight is 292 g/mol. The standard InChI is InChI=1S/C16H15ClFNO/c17-14-3-2-13(18)10-15(14)19-7-5-11-1-4-16-12(9-11)6-8-20-16/h1-4,9-10,19H,5-8H2. The van der Waals surface area contributed by atoms with Crippen LogP contribution in [0.3, 0.4) is 0 Å². The van der Waals surface area contributed by atoms with Gasteiger partial charge in [-0.1, -0.05) is 23.7 Å². The molecule has 0 amide bonds. The normalized spacial score (nSPS) is 12.9. The molecule has 0 fully saturated rings. The first kappa shape index (κ1) is 13.3. The molecular weight excluding hydrogens is 277 g/mol. The van der Waals surface area contributed by atoms with Gasteiger partial charge in [0, 0.05) is 13.0 Å². The second kappa shape index (κ2) is 5.71. The summed E-state index contributed by atoms with van der Waals surface area (Å²) in [5.41, 5.74) is 3.15. The van der Waals surface area contributed by atoms with Crippen LogP contribution in [0.2, 0.25) is 5.02 Å². The molecule has 0 radical (unpaired) electrons. The summed E-state index contributed by atoms with van der Waals surface area (Å²) in [5, 5.41) is 3.70. The summed E-state index contributed by atoms with van der Waals surface area (Å²) in [4.78, 5) is 0. The Hall–Kier alpha value is -1.74. The van der Waals surface area contributed by atoms with Crippen LogP contribution < -0.4 is 10.1 Å². The molecule has 104 valence electrons. The highest BCUT2D eigenvalue weighted by molar-refractivity contribution is 6.33. The van der Waals surface area contributed by atoms with Crippen LogP contribution in [0.4, 0.5) is 10.1 Å². The average Bonchev–Trinajstić information content (AvgIpc) is 2.90. The van der Waals surface area contributed by atoms with Crippen LogP contribution >= 0.6 is 11.6 Å². The molecule has 0 aromatic heterocycles. The highest BCUT2D eigenvalue weighted by Gasteiger charge is 2.11. The molecule has 0 saturated carbocycles. The molecule has 2 aromatic rings. The second-order valence-corrected chi connectivity index (χ2v) is 5.25. The first-order chi connectivity index (χ1) is 9.72. The zero-order valence-electron chi connectivity index (χ0n) is 11.0. The van der Waals surface area contributed by atoms with E-state index in [1.165, 1.54) is 23.3 Å². The van der Waals surface area contributed by atoms with Gasteiger partial charge in [-0.05, 0) is 41.8 Å². The van der Waals surface area contributed by atoms with Crippen LogP contribution in [0, 0.1) is 5.82 Å². The Morgan fingerprint density at radius 3 is 3.00 bits per heavy atom. The Kier molecular flexibility index (Phi) is 3.79. The lowest BCUT2D eigenvalue weighted by molar-refractivity contribution is 0.357. The molecule has 0 bridgehead atoms. The Labute approximate surface area is 122 Å². The van der Waals surface area contributed by atoms with Crippen LogP contribution in [-0.2, 0) is 12.8 Å². The van der Waals surface area contributed by atoms with Crippen molar-refractivity contribution in [2.24, 2.45) is 0 Å². The molecule has 0 atom stereocenters. The van der Waals surface area contributed by atoms with Gasteiger partial charge >= 0.3 is 0 Å². The van der Waals surface area contributed by atoms with E-state index in [1.54, 1.807) is 6.07 Å². The lowest BCUT2D eigenvalue weighted by Crippen LogP contribution is -2.05. The van der Waals surface area contributed by atoms with Crippen molar-refractivity contribution in [3.05, 3.63) is 58.4 Å². The van der Waals surface area contributed by atoms with Gasteiger partial charge in [0.25, 0.3) is 0 Å². The molecule has 0 spiro atoms. The van der Waals surface area contributed by atoms with E-state index in [-0.39, 0.29) is 5.82 Å². The van der Waals surface area contributed by atoms with Crippen LogP contribution in [0.25, 0.3) is 0 Å². The zero-order valence-corrected chi connectivity index (χ0v) is 11.7. The van der Waals surface area contributed by atoms with Crippen LogP contribution in [0.5, 0.6) is 5.75 Å². The van der Waals surface area contributed by atoms with Gasteiger partial charge in [0.1, 0.15) is 11.6 Å². The van der Waals surface area contributed by atoms with Gasteiger partial charge in [0.05, 0.1) is 17.3 Å². The predicted octanol–water partition coefficient (Wildman–Crippen LogP) is 4.07. The number of hydrogen-bond acceptors (Lipinski definition) is 2. The first-order valence-electron chi connectivity index (χ1n) is 6.66. The van der Waals surface area contributed by atoms with Crippen LogP contribution in [0.1, 0.15) is 11.1 Å². The third-order valence-electron chi connectivity index (χ3n) is 3.41. The lowest BCUT2D eigenvalue weighted by atomic mass is 10.1. The fourth-order valence-corrected chi connectivity index (χ4v) is 2.55. The summed E-state index contributed by atoms with van der Waals surface area (Å²) in [6.07, 6.45) is 1.84. The van der Waals surface area contributed by atoms with E-state index < -0.39 is 0 Å². The molecule has 20 heavy (non-hydrogen) atoms. The molecule has 4 heteroatoms. The zero-order chi connectivity index (χ0) is 13.9. The van der Waals surface area contributed by atoms with Gasteiger partial charge in [-0.3, -0.25) is 0 Å². The number of halogens is 2. The highest BCUT2D eigenvalue weighted by atomic mass is 35.5. The van der Waals surface area contributed by atoms with E-state index >= 15 is 0 Å². The van der Waals surface area contributed by atoms with Gasteiger partial charge in [-0.25, -0.2) is 4.39 Å². The number of hydrogen-bond donors (Lipinski definition) is 1. The van der Waals surface area contributed by atoms with Crippen molar-refractivity contribution in [3.8, 4) is 5.75 Å². The van der Waals surface area contributed by atoms with Gasteiger partial charge in [-0.2, -0.15) is 0 Å². The lowest BCUT2D eigenvalue weighted by Gasteiger charge is -2.09. The second-order valence-electron chi connectivity index (χ2n) is 4.84. The molecule has 3 rings (SSSR count). The molecule has 1 aliphatic heterocycles. The summed E-state index contributed by atoms with van der Waals surface area (Å²) in [6, 6.07) is 10.6. The van der Waals surface area contributed by atoms with Gasteiger partial charge in [-0.15, -0.1) is 0 Å². The van der Waals surface area contributed by atoms with E-state index in [4.69, 9.17) is 16.3 Å². The van der Waals surface area contributed by atoms with Crippen molar-refractivity contribution < 1.29 is 9.13 Å². The fourth-order valence-electron chi connectivity index (χ4n) is 2.37. The Morgan fingerprint density at radius 2 is 2.10 bits per heavy atom. The Bertz CT molecular complexity index is 630. The molecule has 1 N–H and O–H groups in total. The SMILES string of the molecule is Fc1ccc(Cl)c(NCCc2ccc3c(c2)CCO3)c1. The molecule has 0 unspecified atom stereocenters. The maximum atomic E-state index is 13.1. The Balaban J connectivity index is 1.61. The van der Waals surface area contributed by atoms with Gasteiger partial charge in [0.2, 0.25) is 0 Å². The number of fused-ring (bicyclic) bond motifs is 1. The van der Waals surface area contributed by atoms with E-state index in [0.29, 0.717) is 17.3 Å². The smallest absolute Gasteiger partial charge is 0.125 e. The highest BCUT2D eigenvalue weighted by Crippen LogP contribution is 2.26. The number of rotatable bonds is 4. The molecule has 2 aromatic carbocycles. The maximum Gasteiger partial charge on any atom is 0.125 e. The van der Waals surface area contributed by atoms with Crippen molar-refractivity contribution in [2.75, 3.05) is 18.5 Å². The largest absolute Gasteiger partial charge is 0.493 e. The van der Waals surface area contributed by atoms with Crippen molar-refractivity contribution in [1.29, 1.82) is 0 Å². The minimum Gasteiger partial charge on any atom is -0.493 e. The molecule has 2 nitrogen and oxygen atoms in total. The van der Waals surface area contributed by atoms with Gasteiger partial charge in [0.15, 0.2) is 0 Å². The molecule has 1 heterocycles. The Morgan fingerprint density at radius 1 is 1.20 bits per heavy atom. The van der Waals surface area contributed by atoms with Crippen molar-refractivity contribution in [3.63, 3.8) is 0 Å². The molecule has 0 aliphatic carbocycles. The number of nitrogens with one attached hydrogen (secondary N) is 1. The molecular formula is C16H15ClFNO. The van der Waals surface area contributed by atoms with Crippen LogP contribution in [-0.4, -0.2) is 13.2 Å². The number of ether oxygens (including phenoxy) is 1. The van der Waals surface area contributed by atoms with Crippen LogP contribution in [0.15, 0.2) is 36.4 Å². The molecule has 0 saturated heterocycles. The first-order valence-corrected chi connectivity index (χ1v) is 7.04. The monoisotopic (exact) mass is 291 g/mol. The van der Waals surface area contributed by atoms with Crippen molar-refractivity contribution >= 4 is 17.3 Å². The quantitative estimate of drug-likeness (QED) is 0.917. The summed E-state index contributed by atoms with van der Waals surface area (Å²) in [5.74, 6) is 0.710. The van der Waals surface area contributed by atoms with E-state index in [1.807, 2.05) is 6.07 Å². The summed E-state index contributed by atoms with van der Waals surface area (Å²) in [7, 11) is 0. The maximum absolute atomic E-state index is 13.1. The third kappa shape index (κ3) is 2.88. The third-order valence-corrected chi connectivity index (χ3v) is 3.74. The summed E-state index contributed by atoms with van der Waals surface area (Å²) in [6.45, 7) is 1.48. The minimum atomic E-state index is -0.286. The van der Waals surface area contributed by atoms with E-state index in [0.717, 1.165) is 25.2 Å². The van der Waals surface area contributed by atoms with E-state index in [9.17, 15) is 4.39 Å². The summed E-state index contributed by atoms with van der Waals surface area (Å²) >= 11 is 6.01. The summed E-state index contributed by atoms with van der Waals surface area (Å²) < 4.78 is 18.6. The topological polar surface area (TPSA) is 21.3 Å².